The number of nitrogens with zero attached hydrogens (tertiary/aromatic N) is 2. The van der Waals surface area contributed by atoms with E-state index in [1.54, 1.807) is 7.05 Å². The summed E-state index contributed by atoms with van der Waals surface area (Å²) in [6, 6.07) is 1.93. The molecule has 0 unspecified atom stereocenters. The van der Waals surface area contributed by atoms with E-state index in [4.69, 9.17) is 5.26 Å². The van der Waals surface area contributed by atoms with Crippen LogP contribution in [0.1, 0.15) is 20.8 Å². The van der Waals surface area contributed by atoms with Crippen molar-refractivity contribution < 1.29 is 4.79 Å². The first-order valence-electron chi connectivity index (χ1n) is 3.52. The predicted octanol–water partition coefficient (Wildman–Crippen LogP) is 1.01. The first-order chi connectivity index (χ1) is 4.89. The van der Waals surface area contributed by atoms with Gasteiger partial charge in [0.1, 0.15) is 6.54 Å². The van der Waals surface area contributed by atoms with Crippen molar-refractivity contribution in [1.82, 2.24) is 4.90 Å². The molecule has 11 heavy (non-hydrogen) atoms. The van der Waals surface area contributed by atoms with Crippen molar-refractivity contribution in [3.05, 3.63) is 0 Å². The van der Waals surface area contributed by atoms with Crippen molar-refractivity contribution in [2.75, 3.05) is 13.6 Å². The van der Waals surface area contributed by atoms with Crippen LogP contribution in [0.15, 0.2) is 0 Å². The van der Waals surface area contributed by atoms with Gasteiger partial charge in [0.2, 0.25) is 5.91 Å². The average molecular weight is 154 g/mol. The van der Waals surface area contributed by atoms with Crippen LogP contribution < -0.4 is 0 Å². The summed E-state index contributed by atoms with van der Waals surface area (Å²) in [5.41, 5.74) is -0.383. The van der Waals surface area contributed by atoms with Crippen LogP contribution in [-0.4, -0.2) is 24.4 Å². The largest absolute Gasteiger partial charge is 0.332 e. The summed E-state index contributed by atoms with van der Waals surface area (Å²) in [6.45, 7) is 5.67. The molecule has 0 bridgehead atoms. The van der Waals surface area contributed by atoms with E-state index < -0.39 is 0 Å². The molecule has 0 N–H and O–H groups in total. The van der Waals surface area contributed by atoms with Crippen molar-refractivity contribution >= 4 is 5.91 Å². The van der Waals surface area contributed by atoms with Gasteiger partial charge < -0.3 is 4.90 Å². The number of hydrogen-bond donors (Lipinski definition) is 0. The second-order valence-corrected chi connectivity index (χ2v) is 3.57. The summed E-state index contributed by atoms with van der Waals surface area (Å²) >= 11 is 0. The Bertz CT molecular complexity index is 185. The maximum atomic E-state index is 11.3. The molecule has 0 aromatic carbocycles. The summed E-state index contributed by atoms with van der Waals surface area (Å²) in [4.78, 5) is 12.8. The van der Waals surface area contributed by atoms with Crippen molar-refractivity contribution in [3.8, 4) is 6.07 Å². The first-order valence-corrected chi connectivity index (χ1v) is 3.52. The van der Waals surface area contributed by atoms with Crippen LogP contribution >= 0.6 is 0 Å². The van der Waals surface area contributed by atoms with Crippen LogP contribution in [0.4, 0.5) is 0 Å². The number of carbonyl (C=O) groups is 1. The van der Waals surface area contributed by atoms with Gasteiger partial charge in [-0.15, -0.1) is 0 Å². The molecule has 0 aliphatic heterocycles. The summed E-state index contributed by atoms with van der Waals surface area (Å²) in [7, 11) is 1.64. The van der Waals surface area contributed by atoms with Gasteiger partial charge in [-0.3, -0.25) is 4.79 Å². The van der Waals surface area contributed by atoms with E-state index in [0.29, 0.717) is 0 Å². The van der Waals surface area contributed by atoms with E-state index in [1.807, 2.05) is 26.8 Å². The molecule has 0 saturated heterocycles. The lowest BCUT2D eigenvalue weighted by Crippen LogP contribution is -2.36. The Morgan fingerprint density at radius 1 is 1.55 bits per heavy atom. The fourth-order valence-corrected chi connectivity index (χ4v) is 0.750. The third kappa shape index (κ3) is 3.03. The topological polar surface area (TPSA) is 44.1 Å². The van der Waals surface area contributed by atoms with E-state index in [1.165, 1.54) is 4.90 Å². The average Bonchev–Trinajstić information content (AvgIpc) is 1.85. The minimum absolute atomic E-state index is 0.000880. The van der Waals surface area contributed by atoms with E-state index in [9.17, 15) is 4.79 Å². The van der Waals surface area contributed by atoms with Gasteiger partial charge in [-0.1, -0.05) is 20.8 Å². The third-order valence-electron chi connectivity index (χ3n) is 1.30. The maximum absolute atomic E-state index is 11.3. The molecule has 1 amide bonds. The van der Waals surface area contributed by atoms with Crippen molar-refractivity contribution in [2.45, 2.75) is 20.8 Å². The number of hydrogen-bond acceptors (Lipinski definition) is 2. The second kappa shape index (κ2) is 3.38. The molecule has 3 nitrogen and oxygen atoms in total. The van der Waals surface area contributed by atoms with Crippen molar-refractivity contribution in [1.29, 1.82) is 5.26 Å². The van der Waals surface area contributed by atoms with Gasteiger partial charge in [-0.05, 0) is 0 Å². The first kappa shape index (κ1) is 9.96. The molecule has 0 saturated carbocycles. The van der Waals surface area contributed by atoms with Crippen molar-refractivity contribution in [2.24, 2.45) is 5.41 Å². The molecule has 0 heterocycles. The minimum Gasteiger partial charge on any atom is -0.332 e. The maximum Gasteiger partial charge on any atom is 0.228 e. The van der Waals surface area contributed by atoms with Gasteiger partial charge in [0, 0.05) is 12.5 Å². The highest BCUT2D eigenvalue weighted by Gasteiger charge is 2.24. The quantitative estimate of drug-likeness (QED) is 0.529. The lowest BCUT2D eigenvalue weighted by molar-refractivity contribution is -0.137. The zero-order valence-corrected chi connectivity index (χ0v) is 7.51. The Morgan fingerprint density at radius 2 is 2.00 bits per heavy atom. The van der Waals surface area contributed by atoms with E-state index in [-0.39, 0.29) is 17.9 Å². The number of rotatable bonds is 1. The molecule has 3 heteroatoms. The van der Waals surface area contributed by atoms with Gasteiger partial charge in [-0.2, -0.15) is 5.26 Å². The lowest BCUT2D eigenvalue weighted by Gasteiger charge is -2.23. The van der Waals surface area contributed by atoms with Gasteiger partial charge in [0.25, 0.3) is 0 Å². The van der Waals surface area contributed by atoms with Crippen LogP contribution in [0, 0.1) is 16.7 Å². The molecule has 0 spiro atoms. The Hall–Kier alpha value is -1.04. The molecular formula is C8H14N2O. The minimum atomic E-state index is -0.383. The molecule has 0 aliphatic carbocycles. The summed E-state index contributed by atoms with van der Waals surface area (Å²) < 4.78 is 0. The number of nitriles is 1. The SMILES string of the molecule is CN(CC#N)C(=O)C(C)(C)C. The Labute approximate surface area is 67.6 Å². The normalized spacial score (nSPS) is 10.5. The summed E-state index contributed by atoms with van der Waals surface area (Å²) in [5.74, 6) is -0.000880. The van der Waals surface area contributed by atoms with Gasteiger partial charge in [0.15, 0.2) is 0 Å². The summed E-state index contributed by atoms with van der Waals surface area (Å²) in [5, 5.41) is 8.31. The molecule has 0 fully saturated rings. The van der Waals surface area contributed by atoms with Gasteiger partial charge in [-0.25, -0.2) is 0 Å². The van der Waals surface area contributed by atoms with Gasteiger partial charge >= 0.3 is 0 Å². The van der Waals surface area contributed by atoms with Crippen molar-refractivity contribution in [3.63, 3.8) is 0 Å². The number of amides is 1. The standard InChI is InChI=1S/C8H14N2O/c1-8(2,3)7(11)10(4)6-5-9/h6H2,1-4H3. The fraction of sp³-hybridized carbons (Fsp3) is 0.750. The monoisotopic (exact) mass is 154 g/mol. The summed E-state index contributed by atoms with van der Waals surface area (Å²) in [6.07, 6.45) is 0. The smallest absolute Gasteiger partial charge is 0.228 e. The molecule has 0 radical (unpaired) electrons. The molecule has 0 aliphatic rings. The van der Waals surface area contributed by atoms with Crippen LogP contribution in [0.25, 0.3) is 0 Å². The van der Waals surface area contributed by atoms with E-state index in [2.05, 4.69) is 0 Å². The number of carbonyl (C=O) groups excluding carboxylic acids is 1. The fourth-order valence-electron chi connectivity index (χ4n) is 0.750. The predicted molar refractivity (Wildman–Crippen MR) is 42.7 cm³/mol. The molecular weight excluding hydrogens is 140 g/mol. The third-order valence-corrected chi connectivity index (χ3v) is 1.30. The zero-order chi connectivity index (χ0) is 9.07. The van der Waals surface area contributed by atoms with Crippen LogP contribution in [-0.2, 0) is 4.79 Å². The Morgan fingerprint density at radius 3 is 2.27 bits per heavy atom. The highest BCUT2D eigenvalue weighted by Crippen LogP contribution is 2.15. The molecule has 0 rings (SSSR count). The Balaban J connectivity index is 4.17. The van der Waals surface area contributed by atoms with E-state index in [0.717, 1.165) is 0 Å². The van der Waals surface area contributed by atoms with Crippen LogP contribution in [0.5, 0.6) is 0 Å². The highest BCUT2D eigenvalue weighted by molar-refractivity contribution is 5.81. The zero-order valence-electron chi connectivity index (χ0n) is 7.51. The lowest BCUT2D eigenvalue weighted by atomic mass is 9.95. The second-order valence-electron chi connectivity index (χ2n) is 3.57. The molecule has 0 aromatic heterocycles. The Kier molecular flexibility index (Phi) is 3.06. The van der Waals surface area contributed by atoms with Gasteiger partial charge in [0.05, 0.1) is 6.07 Å². The highest BCUT2D eigenvalue weighted by atomic mass is 16.2. The molecule has 62 valence electrons. The van der Waals surface area contributed by atoms with Crippen LogP contribution in [0.2, 0.25) is 0 Å². The van der Waals surface area contributed by atoms with Crippen LogP contribution in [0.3, 0.4) is 0 Å². The van der Waals surface area contributed by atoms with E-state index >= 15 is 0 Å². The molecule has 0 aromatic rings. The molecule has 0 atom stereocenters.